The van der Waals surface area contributed by atoms with Crippen LogP contribution in [0.5, 0.6) is 0 Å². The van der Waals surface area contributed by atoms with Gasteiger partial charge in [0.05, 0.1) is 18.7 Å². The Kier molecular flexibility index (Phi) is 5.54. The van der Waals surface area contributed by atoms with Crippen LogP contribution in [0, 0.1) is 0 Å². The molecule has 2 heterocycles. The standard InChI is InChI=1S/C15H22N4O2S/c1-5-12(4)19(11(2)3)14-8-6-7-13(16-14)17-22-18-9-10-21-15(18)20/h5-8,11H,9-10H2,1-4H3,(H,16,17)/b12-5-. The van der Waals surface area contributed by atoms with E-state index >= 15 is 0 Å². The number of pyridine rings is 1. The van der Waals surface area contributed by atoms with E-state index in [1.165, 1.54) is 16.4 Å². The molecule has 0 spiro atoms. The molecule has 0 bridgehead atoms. The molecule has 1 fully saturated rings. The summed E-state index contributed by atoms with van der Waals surface area (Å²) in [6.07, 6.45) is 1.75. The van der Waals surface area contributed by atoms with Gasteiger partial charge in [-0.2, -0.15) is 0 Å². The normalized spacial score (nSPS) is 15.2. The first-order valence-electron chi connectivity index (χ1n) is 7.29. The number of anilines is 2. The molecule has 0 saturated carbocycles. The van der Waals surface area contributed by atoms with Crippen molar-refractivity contribution in [3.63, 3.8) is 0 Å². The van der Waals surface area contributed by atoms with Crippen LogP contribution in [0.2, 0.25) is 0 Å². The first-order valence-corrected chi connectivity index (χ1v) is 8.06. The summed E-state index contributed by atoms with van der Waals surface area (Å²) in [5.74, 6) is 1.58. The lowest BCUT2D eigenvalue weighted by Crippen LogP contribution is -2.29. The van der Waals surface area contributed by atoms with Gasteiger partial charge in [-0.25, -0.2) is 14.1 Å². The average Bonchev–Trinajstić information content (AvgIpc) is 2.90. The van der Waals surface area contributed by atoms with Crippen molar-refractivity contribution in [1.29, 1.82) is 0 Å². The van der Waals surface area contributed by atoms with Crippen molar-refractivity contribution < 1.29 is 9.53 Å². The van der Waals surface area contributed by atoms with Crippen LogP contribution < -0.4 is 9.62 Å². The van der Waals surface area contributed by atoms with Gasteiger partial charge in [0.1, 0.15) is 18.2 Å². The van der Waals surface area contributed by atoms with Gasteiger partial charge in [-0.1, -0.05) is 12.1 Å². The highest BCUT2D eigenvalue weighted by atomic mass is 32.2. The van der Waals surface area contributed by atoms with Crippen LogP contribution in [0.3, 0.4) is 0 Å². The molecule has 0 unspecified atom stereocenters. The van der Waals surface area contributed by atoms with Gasteiger partial charge in [0.15, 0.2) is 0 Å². The highest BCUT2D eigenvalue weighted by Crippen LogP contribution is 2.24. The van der Waals surface area contributed by atoms with E-state index in [2.05, 4.69) is 41.5 Å². The Bertz CT molecular complexity index is 562. The fraction of sp³-hybridized carbons (Fsp3) is 0.467. The molecule has 1 amide bonds. The number of carbonyl (C=O) groups is 1. The number of hydrogen-bond acceptors (Lipinski definition) is 6. The number of amides is 1. The van der Waals surface area contributed by atoms with E-state index in [-0.39, 0.29) is 6.09 Å². The second kappa shape index (κ2) is 7.40. The maximum Gasteiger partial charge on any atom is 0.421 e. The molecular formula is C15H22N4O2S. The van der Waals surface area contributed by atoms with Crippen molar-refractivity contribution in [3.8, 4) is 0 Å². The Balaban J connectivity index is 2.10. The summed E-state index contributed by atoms with van der Waals surface area (Å²) in [5.41, 5.74) is 1.15. The maximum atomic E-state index is 11.4. The number of cyclic esters (lactones) is 1. The van der Waals surface area contributed by atoms with Crippen LogP contribution in [-0.2, 0) is 4.74 Å². The molecule has 1 aromatic heterocycles. The van der Waals surface area contributed by atoms with Crippen LogP contribution in [-0.4, -0.2) is 34.6 Å². The molecule has 2 rings (SSSR count). The van der Waals surface area contributed by atoms with Crippen molar-refractivity contribution in [2.24, 2.45) is 0 Å². The van der Waals surface area contributed by atoms with Crippen molar-refractivity contribution in [2.75, 3.05) is 22.8 Å². The third-order valence-electron chi connectivity index (χ3n) is 3.28. The fourth-order valence-corrected chi connectivity index (χ4v) is 2.78. The first kappa shape index (κ1) is 16.5. The highest BCUT2D eigenvalue weighted by molar-refractivity contribution is 7.98. The molecule has 0 aliphatic carbocycles. The number of nitrogens with one attached hydrogen (secondary N) is 1. The molecule has 120 valence electrons. The Hall–Kier alpha value is -1.89. The minimum absolute atomic E-state index is 0.306. The van der Waals surface area contributed by atoms with Gasteiger partial charge in [0.2, 0.25) is 0 Å². The molecule has 22 heavy (non-hydrogen) atoms. The lowest BCUT2D eigenvalue weighted by atomic mass is 10.2. The molecular weight excluding hydrogens is 300 g/mol. The Morgan fingerprint density at radius 3 is 2.91 bits per heavy atom. The Morgan fingerprint density at radius 2 is 2.32 bits per heavy atom. The van der Waals surface area contributed by atoms with Gasteiger partial charge in [0.25, 0.3) is 0 Å². The lowest BCUT2D eigenvalue weighted by Gasteiger charge is -2.28. The van der Waals surface area contributed by atoms with Crippen LogP contribution in [0.15, 0.2) is 30.0 Å². The van der Waals surface area contributed by atoms with Crippen LogP contribution in [0.4, 0.5) is 16.4 Å². The molecule has 0 radical (unpaired) electrons. The number of aromatic nitrogens is 1. The average molecular weight is 322 g/mol. The minimum Gasteiger partial charge on any atom is -0.447 e. The third-order valence-corrected chi connectivity index (χ3v) is 4.13. The summed E-state index contributed by atoms with van der Waals surface area (Å²) < 4.78 is 9.51. The summed E-state index contributed by atoms with van der Waals surface area (Å²) in [6.45, 7) is 9.35. The summed E-state index contributed by atoms with van der Waals surface area (Å²) in [6, 6.07) is 6.11. The van der Waals surface area contributed by atoms with Crippen molar-refractivity contribution in [3.05, 3.63) is 30.0 Å². The van der Waals surface area contributed by atoms with Crippen LogP contribution >= 0.6 is 12.1 Å². The van der Waals surface area contributed by atoms with Crippen molar-refractivity contribution in [1.82, 2.24) is 9.29 Å². The number of hydrogen-bond donors (Lipinski definition) is 1. The minimum atomic E-state index is -0.317. The molecule has 6 nitrogen and oxygen atoms in total. The van der Waals surface area contributed by atoms with E-state index in [1.807, 2.05) is 25.1 Å². The summed E-state index contributed by atoms with van der Waals surface area (Å²) in [5, 5.41) is 0. The zero-order valence-electron chi connectivity index (χ0n) is 13.4. The monoisotopic (exact) mass is 322 g/mol. The Labute approximate surface area is 135 Å². The topological polar surface area (TPSA) is 57.7 Å². The van der Waals surface area contributed by atoms with E-state index in [4.69, 9.17) is 4.74 Å². The SMILES string of the molecule is C/C=C(/C)N(c1cccc(NSN2CCOC2=O)n1)C(C)C. The zero-order chi connectivity index (χ0) is 16.1. The molecule has 1 aromatic rings. The number of nitrogens with zero attached hydrogens (tertiary/aromatic N) is 3. The van der Waals surface area contributed by atoms with E-state index < -0.39 is 0 Å². The molecule has 1 aliphatic rings. The van der Waals surface area contributed by atoms with Gasteiger partial charge >= 0.3 is 6.09 Å². The van der Waals surface area contributed by atoms with Gasteiger partial charge in [-0.15, -0.1) is 0 Å². The number of allylic oxidation sites excluding steroid dienone is 2. The summed E-state index contributed by atoms with van der Waals surface area (Å²) in [7, 11) is 0. The molecule has 1 saturated heterocycles. The van der Waals surface area contributed by atoms with Gasteiger partial charge in [0, 0.05) is 11.7 Å². The molecule has 0 aromatic carbocycles. The molecule has 1 aliphatic heterocycles. The van der Waals surface area contributed by atoms with E-state index in [1.54, 1.807) is 0 Å². The smallest absolute Gasteiger partial charge is 0.421 e. The number of rotatable bonds is 6. The van der Waals surface area contributed by atoms with Gasteiger partial charge < -0.3 is 9.64 Å². The van der Waals surface area contributed by atoms with E-state index in [9.17, 15) is 4.79 Å². The largest absolute Gasteiger partial charge is 0.447 e. The van der Waals surface area contributed by atoms with E-state index in [0.717, 1.165) is 11.5 Å². The molecule has 7 heteroatoms. The summed E-state index contributed by atoms with van der Waals surface area (Å²) in [4.78, 5) is 18.2. The first-order chi connectivity index (χ1) is 10.5. The summed E-state index contributed by atoms with van der Waals surface area (Å²) >= 11 is 1.20. The third kappa shape index (κ3) is 3.85. The lowest BCUT2D eigenvalue weighted by molar-refractivity contribution is 0.171. The molecule has 1 N–H and O–H groups in total. The van der Waals surface area contributed by atoms with Crippen LogP contribution in [0.1, 0.15) is 27.7 Å². The van der Waals surface area contributed by atoms with Gasteiger partial charge in [-0.3, -0.25) is 4.72 Å². The van der Waals surface area contributed by atoms with Crippen LogP contribution in [0.25, 0.3) is 0 Å². The zero-order valence-corrected chi connectivity index (χ0v) is 14.2. The number of carbonyl (C=O) groups excluding carboxylic acids is 1. The van der Waals surface area contributed by atoms with Gasteiger partial charge in [-0.05, 0) is 39.8 Å². The van der Waals surface area contributed by atoms with Crippen molar-refractivity contribution in [2.45, 2.75) is 33.7 Å². The van der Waals surface area contributed by atoms with Crippen molar-refractivity contribution >= 4 is 29.9 Å². The fourth-order valence-electron chi connectivity index (χ4n) is 2.17. The highest BCUT2D eigenvalue weighted by Gasteiger charge is 2.23. The number of ether oxygens (including phenoxy) is 1. The second-order valence-electron chi connectivity index (χ2n) is 5.18. The Morgan fingerprint density at radius 1 is 1.55 bits per heavy atom. The maximum absolute atomic E-state index is 11.4. The predicted molar refractivity (Wildman–Crippen MR) is 90.6 cm³/mol. The predicted octanol–water partition coefficient (Wildman–Crippen LogP) is 3.65. The quantitative estimate of drug-likeness (QED) is 0.807. The van der Waals surface area contributed by atoms with E-state index in [0.29, 0.717) is 25.0 Å². The molecule has 0 atom stereocenters. The second-order valence-corrected chi connectivity index (χ2v) is 6.01.